The van der Waals surface area contributed by atoms with Crippen LogP contribution in [0, 0.1) is 0 Å². The van der Waals surface area contributed by atoms with Crippen LogP contribution in [0.15, 0.2) is 24.3 Å². The van der Waals surface area contributed by atoms with Crippen molar-refractivity contribution < 1.29 is 4.79 Å². The van der Waals surface area contributed by atoms with Crippen molar-refractivity contribution in [2.45, 2.75) is 13.3 Å². The van der Waals surface area contributed by atoms with Gasteiger partial charge in [0.25, 0.3) is 0 Å². The number of hydrogen-bond acceptors (Lipinski definition) is 1. The number of carbonyl (C=O) groups excluding carboxylic acids is 1. The van der Waals surface area contributed by atoms with Crippen LogP contribution in [0.2, 0.25) is 0 Å². The minimum Gasteiger partial charge on any atom is -0.328 e. The maximum Gasteiger partial charge on any atom is 0.324 e. The molecule has 1 aliphatic heterocycles. The largest absolute Gasteiger partial charge is 0.328 e. The summed E-state index contributed by atoms with van der Waals surface area (Å²) < 4.78 is 0. The highest BCUT2D eigenvalue weighted by molar-refractivity contribution is 5.94. The molecule has 15 heavy (non-hydrogen) atoms. The number of carbonyl (C=O) groups is 1. The van der Waals surface area contributed by atoms with Gasteiger partial charge in [-0.2, -0.15) is 0 Å². The second-order valence-electron chi connectivity index (χ2n) is 3.83. The summed E-state index contributed by atoms with van der Waals surface area (Å²) in [5.74, 6) is 0. The molecule has 0 saturated carbocycles. The fraction of sp³-hybridized carbons (Fsp3) is 0.417. The Bertz CT molecular complexity index is 376. The van der Waals surface area contributed by atoms with Gasteiger partial charge in [0, 0.05) is 25.8 Å². The Morgan fingerprint density at radius 1 is 1.47 bits per heavy atom. The van der Waals surface area contributed by atoms with E-state index in [9.17, 15) is 4.79 Å². The molecular formula is C12H16N2O. The summed E-state index contributed by atoms with van der Waals surface area (Å²) >= 11 is 0. The lowest BCUT2D eigenvalue weighted by molar-refractivity contribution is 0.218. The summed E-state index contributed by atoms with van der Waals surface area (Å²) in [5.41, 5.74) is 2.35. The number of benzene rings is 1. The van der Waals surface area contributed by atoms with Crippen LogP contribution in [-0.2, 0) is 6.42 Å². The van der Waals surface area contributed by atoms with Gasteiger partial charge in [-0.05, 0) is 25.0 Å². The van der Waals surface area contributed by atoms with Crippen molar-refractivity contribution in [3.8, 4) is 0 Å². The first kappa shape index (κ1) is 10.0. The number of anilines is 1. The van der Waals surface area contributed by atoms with Crippen molar-refractivity contribution in [3.05, 3.63) is 29.8 Å². The number of amides is 2. The van der Waals surface area contributed by atoms with Gasteiger partial charge in [0.15, 0.2) is 0 Å². The van der Waals surface area contributed by atoms with Gasteiger partial charge in [0.05, 0.1) is 0 Å². The number of hydrogen-bond donors (Lipinski definition) is 0. The predicted molar refractivity (Wildman–Crippen MR) is 61.2 cm³/mol. The van der Waals surface area contributed by atoms with Crippen molar-refractivity contribution >= 4 is 11.7 Å². The standard InChI is InChI=1S/C12H16N2O/c1-3-13(2)12(15)14-9-8-10-6-4-5-7-11(10)14/h4-7H,3,8-9H2,1-2H3. The zero-order valence-corrected chi connectivity index (χ0v) is 9.23. The molecule has 0 spiro atoms. The van der Waals surface area contributed by atoms with E-state index in [4.69, 9.17) is 0 Å². The van der Waals surface area contributed by atoms with E-state index in [1.165, 1.54) is 5.56 Å². The first-order valence-corrected chi connectivity index (χ1v) is 5.34. The molecule has 80 valence electrons. The normalized spacial score (nSPS) is 13.9. The molecule has 1 aromatic rings. The molecule has 0 N–H and O–H groups in total. The lowest BCUT2D eigenvalue weighted by atomic mass is 10.2. The Hall–Kier alpha value is -1.51. The molecule has 0 aromatic heterocycles. The van der Waals surface area contributed by atoms with Crippen LogP contribution in [-0.4, -0.2) is 31.1 Å². The molecule has 0 atom stereocenters. The first-order chi connectivity index (χ1) is 7.24. The highest BCUT2D eigenvalue weighted by Crippen LogP contribution is 2.27. The quantitative estimate of drug-likeness (QED) is 0.687. The molecule has 0 saturated heterocycles. The SMILES string of the molecule is CCN(C)C(=O)N1CCc2ccccc21. The van der Waals surface area contributed by atoms with E-state index in [2.05, 4.69) is 6.07 Å². The Morgan fingerprint density at radius 3 is 2.93 bits per heavy atom. The highest BCUT2D eigenvalue weighted by Gasteiger charge is 2.25. The molecule has 0 unspecified atom stereocenters. The molecule has 3 heteroatoms. The third kappa shape index (κ3) is 1.69. The van der Waals surface area contributed by atoms with Crippen LogP contribution in [0.1, 0.15) is 12.5 Å². The Balaban J connectivity index is 2.24. The molecular weight excluding hydrogens is 188 g/mol. The Morgan fingerprint density at radius 2 is 2.20 bits per heavy atom. The van der Waals surface area contributed by atoms with Gasteiger partial charge >= 0.3 is 6.03 Å². The van der Waals surface area contributed by atoms with Crippen molar-refractivity contribution in [2.75, 3.05) is 25.0 Å². The maximum atomic E-state index is 12.0. The number of rotatable bonds is 1. The van der Waals surface area contributed by atoms with E-state index < -0.39 is 0 Å². The van der Waals surface area contributed by atoms with Gasteiger partial charge in [-0.1, -0.05) is 18.2 Å². The zero-order chi connectivity index (χ0) is 10.8. The fourth-order valence-electron chi connectivity index (χ4n) is 1.88. The van der Waals surface area contributed by atoms with Crippen molar-refractivity contribution in [3.63, 3.8) is 0 Å². The molecule has 1 aromatic carbocycles. The van der Waals surface area contributed by atoms with Gasteiger partial charge < -0.3 is 4.90 Å². The molecule has 0 radical (unpaired) electrons. The van der Waals surface area contributed by atoms with Crippen LogP contribution in [0.5, 0.6) is 0 Å². The lowest BCUT2D eigenvalue weighted by Gasteiger charge is -2.23. The smallest absolute Gasteiger partial charge is 0.324 e. The van der Waals surface area contributed by atoms with Crippen LogP contribution in [0.25, 0.3) is 0 Å². The second kappa shape index (κ2) is 3.93. The van der Waals surface area contributed by atoms with Crippen LogP contribution in [0.4, 0.5) is 10.5 Å². The molecule has 0 fully saturated rings. The van der Waals surface area contributed by atoms with Crippen molar-refractivity contribution in [1.29, 1.82) is 0 Å². The summed E-state index contributed by atoms with van der Waals surface area (Å²) in [5, 5.41) is 0. The van der Waals surface area contributed by atoms with E-state index in [1.807, 2.05) is 37.1 Å². The Kier molecular flexibility index (Phi) is 2.62. The van der Waals surface area contributed by atoms with Gasteiger partial charge in [-0.25, -0.2) is 4.79 Å². The number of nitrogens with zero attached hydrogens (tertiary/aromatic N) is 2. The summed E-state index contributed by atoms with van der Waals surface area (Å²) in [6.45, 7) is 3.54. The van der Waals surface area contributed by atoms with Gasteiger partial charge in [0.2, 0.25) is 0 Å². The minimum absolute atomic E-state index is 0.0995. The van der Waals surface area contributed by atoms with Gasteiger partial charge in [-0.15, -0.1) is 0 Å². The molecule has 1 heterocycles. The van der Waals surface area contributed by atoms with Crippen LogP contribution in [0.3, 0.4) is 0 Å². The predicted octanol–water partition coefficient (Wildman–Crippen LogP) is 2.12. The third-order valence-corrected chi connectivity index (χ3v) is 2.92. The third-order valence-electron chi connectivity index (χ3n) is 2.92. The van der Waals surface area contributed by atoms with Crippen molar-refractivity contribution in [2.24, 2.45) is 0 Å². The summed E-state index contributed by atoms with van der Waals surface area (Å²) in [6, 6.07) is 8.22. The molecule has 0 aliphatic carbocycles. The number of fused-ring (bicyclic) bond motifs is 1. The second-order valence-corrected chi connectivity index (χ2v) is 3.83. The summed E-state index contributed by atoms with van der Waals surface area (Å²) in [4.78, 5) is 15.6. The van der Waals surface area contributed by atoms with Crippen molar-refractivity contribution in [1.82, 2.24) is 4.90 Å². The average Bonchev–Trinajstić information content (AvgIpc) is 2.70. The monoisotopic (exact) mass is 204 g/mol. The molecule has 1 aliphatic rings. The first-order valence-electron chi connectivity index (χ1n) is 5.34. The minimum atomic E-state index is 0.0995. The molecule has 3 nitrogen and oxygen atoms in total. The van der Waals surface area contributed by atoms with E-state index in [0.717, 1.165) is 25.2 Å². The van der Waals surface area contributed by atoms with Crippen LogP contribution >= 0.6 is 0 Å². The Labute approximate surface area is 90.3 Å². The van der Waals surface area contributed by atoms with Gasteiger partial charge in [0.1, 0.15) is 0 Å². The fourth-order valence-corrected chi connectivity index (χ4v) is 1.88. The van der Waals surface area contributed by atoms with E-state index in [0.29, 0.717) is 0 Å². The van der Waals surface area contributed by atoms with E-state index in [1.54, 1.807) is 4.90 Å². The van der Waals surface area contributed by atoms with Crippen LogP contribution < -0.4 is 4.90 Å². The summed E-state index contributed by atoms with van der Waals surface area (Å²) in [6.07, 6.45) is 0.972. The maximum absolute atomic E-state index is 12.0. The zero-order valence-electron chi connectivity index (χ0n) is 9.23. The average molecular weight is 204 g/mol. The molecule has 2 rings (SSSR count). The van der Waals surface area contributed by atoms with E-state index >= 15 is 0 Å². The highest BCUT2D eigenvalue weighted by atomic mass is 16.2. The van der Waals surface area contributed by atoms with Gasteiger partial charge in [-0.3, -0.25) is 4.90 Å². The number of para-hydroxylation sites is 1. The number of urea groups is 1. The van der Waals surface area contributed by atoms with E-state index in [-0.39, 0.29) is 6.03 Å². The topological polar surface area (TPSA) is 23.6 Å². The molecule has 0 bridgehead atoms. The molecule has 2 amide bonds. The lowest BCUT2D eigenvalue weighted by Crippen LogP contribution is -2.40. The summed E-state index contributed by atoms with van der Waals surface area (Å²) in [7, 11) is 1.84.